The average molecular weight is 306 g/mol. The summed E-state index contributed by atoms with van der Waals surface area (Å²) in [6.45, 7) is 2.58. The van der Waals surface area contributed by atoms with E-state index in [1.54, 1.807) is 17.5 Å². The van der Waals surface area contributed by atoms with E-state index in [2.05, 4.69) is 5.32 Å². The molecule has 3 atom stereocenters. The van der Waals surface area contributed by atoms with Gasteiger partial charge in [-0.3, -0.25) is 10.1 Å². The number of alkyl halides is 3. The number of carbonyl (C=O) groups excluding carboxylic acids is 1. The molecule has 0 radical (unpaired) electrons. The minimum Gasteiger partial charge on any atom is -0.312 e. The number of thiophene rings is 1. The molecule has 1 fully saturated rings. The number of nitrogens with zero attached hydrogens (tertiary/aromatic N) is 1. The first kappa shape index (κ1) is 15.3. The zero-order chi connectivity index (χ0) is 14.9. The number of halogens is 3. The monoisotopic (exact) mass is 306 g/mol. The first-order valence-electron chi connectivity index (χ1n) is 6.50. The summed E-state index contributed by atoms with van der Waals surface area (Å²) in [4.78, 5) is 13.9. The zero-order valence-corrected chi connectivity index (χ0v) is 12.1. The van der Waals surface area contributed by atoms with Crippen LogP contribution in [0.3, 0.4) is 0 Å². The van der Waals surface area contributed by atoms with Gasteiger partial charge in [0, 0.05) is 4.88 Å². The van der Waals surface area contributed by atoms with E-state index in [0.29, 0.717) is 0 Å². The van der Waals surface area contributed by atoms with E-state index >= 15 is 0 Å². The predicted molar refractivity (Wildman–Crippen MR) is 71.2 cm³/mol. The Morgan fingerprint density at radius 2 is 2.20 bits per heavy atom. The van der Waals surface area contributed by atoms with Crippen molar-refractivity contribution in [3.8, 4) is 0 Å². The smallest absolute Gasteiger partial charge is 0.312 e. The highest BCUT2D eigenvalue weighted by atomic mass is 32.1. The van der Waals surface area contributed by atoms with E-state index in [0.717, 1.165) is 16.2 Å². The molecule has 0 spiro atoms. The van der Waals surface area contributed by atoms with Gasteiger partial charge in [0.15, 0.2) is 0 Å². The molecule has 1 N–H and O–H groups in total. The summed E-state index contributed by atoms with van der Waals surface area (Å²) in [5, 5.41) is 4.85. The van der Waals surface area contributed by atoms with Crippen LogP contribution in [0.15, 0.2) is 17.5 Å². The molecule has 2 heterocycles. The van der Waals surface area contributed by atoms with Crippen LogP contribution in [0.25, 0.3) is 0 Å². The first-order chi connectivity index (χ1) is 9.33. The van der Waals surface area contributed by atoms with Crippen LogP contribution in [-0.4, -0.2) is 29.6 Å². The maximum absolute atomic E-state index is 12.7. The minimum atomic E-state index is -4.39. The van der Waals surface area contributed by atoms with Crippen molar-refractivity contribution in [3.05, 3.63) is 22.4 Å². The van der Waals surface area contributed by atoms with Gasteiger partial charge in [-0.05, 0) is 17.4 Å². The second kappa shape index (κ2) is 5.73. The molecule has 112 valence electrons. The van der Waals surface area contributed by atoms with Crippen LogP contribution < -0.4 is 5.32 Å². The molecule has 1 saturated heterocycles. The van der Waals surface area contributed by atoms with Crippen molar-refractivity contribution in [2.75, 3.05) is 6.54 Å². The lowest BCUT2D eigenvalue weighted by Crippen LogP contribution is -2.39. The van der Waals surface area contributed by atoms with Crippen molar-refractivity contribution in [1.82, 2.24) is 10.2 Å². The normalized spacial score (nSPS) is 25.2. The van der Waals surface area contributed by atoms with Gasteiger partial charge in [-0.2, -0.15) is 13.2 Å². The summed E-state index contributed by atoms with van der Waals surface area (Å²) >= 11 is 1.35. The van der Waals surface area contributed by atoms with Gasteiger partial charge in [-0.25, -0.2) is 0 Å². The lowest BCUT2D eigenvalue weighted by molar-refractivity contribution is -0.161. The van der Waals surface area contributed by atoms with E-state index in [1.807, 2.05) is 13.8 Å². The zero-order valence-electron chi connectivity index (χ0n) is 11.3. The molecule has 3 unspecified atom stereocenters. The quantitative estimate of drug-likeness (QED) is 0.927. The van der Waals surface area contributed by atoms with Crippen molar-refractivity contribution < 1.29 is 18.0 Å². The van der Waals surface area contributed by atoms with Gasteiger partial charge < -0.3 is 4.90 Å². The van der Waals surface area contributed by atoms with Gasteiger partial charge in [0.25, 0.3) is 0 Å². The van der Waals surface area contributed by atoms with Crippen molar-refractivity contribution in [1.29, 1.82) is 0 Å². The summed E-state index contributed by atoms with van der Waals surface area (Å²) in [6.07, 6.45) is -4.33. The highest BCUT2D eigenvalue weighted by Gasteiger charge is 2.46. The van der Waals surface area contributed by atoms with E-state index in [-0.39, 0.29) is 5.92 Å². The molecule has 1 aromatic heterocycles. The van der Waals surface area contributed by atoms with E-state index in [1.165, 1.54) is 11.3 Å². The third-order valence-corrected chi connectivity index (χ3v) is 4.50. The second-order valence-electron chi connectivity index (χ2n) is 5.03. The number of hydrogen-bond acceptors (Lipinski definition) is 3. The largest absolute Gasteiger partial charge is 0.406 e. The Labute approximate surface area is 119 Å². The fraction of sp³-hybridized carbons (Fsp3) is 0.615. The molecule has 1 amide bonds. The minimum absolute atomic E-state index is 0.00296. The van der Waals surface area contributed by atoms with Gasteiger partial charge in [-0.15, -0.1) is 11.3 Å². The van der Waals surface area contributed by atoms with E-state index < -0.39 is 30.8 Å². The highest BCUT2D eigenvalue weighted by Crippen LogP contribution is 2.33. The van der Waals surface area contributed by atoms with Gasteiger partial charge in [0.05, 0.1) is 6.04 Å². The Balaban J connectivity index is 2.26. The van der Waals surface area contributed by atoms with Gasteiger partial charge in [0.1, 0.15) is 12.7 Å². The number of amides is 1. The summed E-state index contributed by atoms with van der Waals surface area (Å²) < 4.78 is 38.1. The van der Waals surface area contributed by atoms with Gasteiger partial charge in [-0.1, -0.05) is 26.3 Å². The number of hydrogen-bond donors (Lipinski definition) is 1. The summed E-state index contributed by atoms with van der Waals surface area (Å²) in [6, 6.07) is 2.97. The average Bonchev–Trinajstić information content (AvgIpc) is 2.97. The lowest BCUT2D eigenvalue weighted by Gasteiger charge is -2.24. The van der Waals surface area contributed by atoms with Crippen LogP contribution in [0.4, 0.5) is 13.2 Å². The molecule has 7 heteroatoms. The lowest BCUT2D eigenvalue weighted by atomic mass is 9.99. The Hall–Kier alpha value is -1.08. The molecule has 20 heavy (non-hydrogen) atoms. The second-order valence-corrected chi connectivity index (χ2v) is 6.01. The fourth-order valence-corrected chi connectivity index (χ4v) is 3.12. The number of nitrogens with one attached hydrogen (secondary N) is 1. The van der Waals surface area contributed by atoms with Crippen molar-refractivity contribution in [2.24, 2.45) is 5.92 Å². The Morgan fingerprint density at radius 1 is 1.50 bits per heavy atom. The molecule has 0 bridgehead atoms. The summed E-state index contributed by atoms with van der Waals surface area (Å²) in [5.41, 5.74) is 0. The molecular formula is C13H17F3N2OS. The van der Waals surface area contributed by atoms with Crippen LogP contribution in [0.5, 0.6) is 0 Å². The molecule has 3 nitrogen and oxygen atoms in total. The number of rotatable bonds is 4. The topological polar surface area (TPSA) is 32.3 Å². The molecule has 0 aromatic carbocycles. The Morgan fingerprint density at radius 3 is 2.70 bits per heavy atom. The van der Waals surface area contributed by atoms with Crippen LogP contribution in [0.1, 0.15) is 31.3 Å². The molecule has 1 aromatic rings. The predicted octanol–water partition coefficient (Wildman–Crippen LogP) is 3.16. The molecule has 1 aliphatic heterocycles. The highest BCUT2D eigenvalue weighted by molar-refractivity contribution is 7.10. The maximum atomic E-state index is 12.7. The summed E-state index contributed by atoms with van der Waals surface area (Å²) in [5.74, 6) is -0.460. The summed E-state index contributed by atoms with van der Waals surface area (Å²) in [7, 11) is 0. The molecule has 1 aliphatic rings. The maximum Gasteiger partial charge on any atom is 0.406 e. The molecular weight excluding hydrogens is 289 g/mol. The van der Waals surface area contributed by atoms with Crippen molar-refractivity contribution in [2.45, 2.75) is 38.7 Å². The number of carbonyl (C=O) groups is 1. The standard InChI is InChI=1S/C13H17F3N2OS/c1-3-8(2)10-12(19)18(7-13(14,15)16)11(17-10)9-5-4-6-20-9/h4-6,8,10-11,17H,3,7H2,1-2H3. The van der Waals surface area contributed by atoms with Crippen molar-refractivity contribution in [3.63, 3.8) is 0 Å². The van der Waals surface area contributed by atoms with Crippen LogP contribution in [0.2, 0.25) is 0 Å². The fourth-order valence-electron chi connectivity index (χ4n) is 2.33. The first-order valence-corrected chi connectivity index (χ1v) is 7.38. The van der Waals surface area contributed by atoms with E-state index in [4.69, 9.17) is 0 Å². The van der Waals surface area contributed by atoms with E-state index in [9.17, 15) is 18.0 Å². The molecule has 0 aliphatic carbocycles. The van der Waals surface area contributed by atoms with Crippen LogP contribution in [-0.2, 0) is 4.79 Å². The third-order valence-electron chi connectivity index (χ3n) is 3.57. The Kier molecular flexibility index (Phi) is 4.39. The third kappa shape index (κ3) is 3.15. The van der Waals surface area contributed by atoms with Gasteiger partial charge >= 0.3 is 6.18 Å². The molecule has 2 rings (SSSR count). The van der Waals surface area contributed by atoms with Gasteiger partial charge in [0.2, 0.25) is 5.91 Å². The van der Waals surface area contributed by atoms with Crippen molar-refractivity contribution >= 4 is 17.2 Å². The van der Waals surface area contributed by atoms with Crippen LogP contribution in [0, 0.1) is 5.92 Å². The molecule has 0 saturated carbocycles. The van der Waals surface area contributed by atoms with Crippen LogP contribution >= 0.6 is 11.3 Å². The SMILES string of the molecule is CCC(C)C1NC(c2cccs2)N(CC(F)(F)F)C1=O. The Bertz CT molecular complexity index is 461.